The Balaban J connectivity index is 1.87. The summed E-state index contributed by atoms with van der Waals surface area (Å²) in [4.78, 5) is 8.74. The average molecular weight is 325 g/mol. The highest BCUT2D eigenvalue weighted by Crippen LogP contribution is 2.26. The standard InChI is InChI=1S/C20H15N5/c1-2-14-10-23-20(18-6-4-3-5-17(14)18)25-13-16(11-24-25)19-12-22-8-7-15(19)9-21/h3-8,10-13H,2H2,1H3. The molecule has 0 aliphatic heterocycles. The van der Waals surface area contributed by atoms with E-state index in [-0.39, 0.29) is 0 Å². The third-order valence-electron chi connectivity index (χ3n) is 4.29. The van der Waals surface area contributed by atoms with E-state index in [1.165, 1.54) is 10.9 Å². The third kappa shape index (κ3) is 2.54. The van der Waals surface area contributed by atoms with E-state index in [0.717, 1.165) is 28.8 Å². The quantitative estimate of drug-likeness (QED) is 0.572. The molecule has 0 amide bonds. The van der Waals surface area contributed by atoms with E-state index in [2.05, 4.69) is 40.2 Å². The minimum atomic E-state index is 0.577. The summed E-state index contributed by atoms with van der Waals surface area (Å²) in [7, 11) is 0. The maximum absolute atomic E-state index is 9.29. The second-order valence-electron chi connectivity index (χ2n) is 5.71. The number of rotatable bonds is 3. The molecule has 0 radical (unpaired) electrons. The summed E-state index contributed by atoms with van der Waals surface area (Å²) < 4.78 is 1.76. The molecule has 0 N–H and O–H groups in total. The normalized spacial score (nSPS) is 10.7. The number of pyridine rings is 2. The predicted octanol–water partition coefficient (Wildman–Crippen LogP) is 3.92. The zero-order valence-electron chi connectivity index (χ0n) is 13.7. The second-order valence-corrected chi connectivity index (χ2v) is 5.71. The minimum absolute atomic E-state index is 0.577. The first kappa shape index (κ1) is 15.0. The fourth-order valence-electron chi connectivity index (χ4n) is 3.00. The number of aryl methyl sites for hydroxylation is 1. The van der Waals surface area contributed by atoms with Gasteiger partial charge in [-0.3, -0.25) is 4.98 Å². The van der Waals surface area contributed by atoms with E-state index in [4.69, 9.17) is 0 Å². The van der Waals surface area contributed by atoms with Gasteiger partial charge in [0.25, 0.3) is 0 Å². The van der Waals surface area contributed by atoms with Gasteiger partial charge in [-0.1, -0.05) is 31.2 Å². The summed E-state index contributed by atoms with van der Waals surface area (Å²) in [5, 5.41) is 16.0. The first-order valence-corrected chi connectivity index (χ1v) is 8.08. The summed E-state index contributed by atoms with van der Waals surface area (Å²) in [6.07, 6.45) is 9.76. The predicted molar refractivity (Wildman–Crippen MR) is 96.2 cm³/mol. The molecule has 0 aliphatic carbocycles. The highest BCUT2D eigenvalue weighted by molar-refractivity contribution is 5.91. The molecule has 4 aromatic rings. The van der Waals surface area contributed by atoms with Gasteiger partial charge >= 0.3 is 0 Å². The van der Waals surface area contributed by atoms with Crippen molar-refractivity contribution < 1.29 is 0 Å². The molecule has 0 atom stereocenters. The maximum Gasteiger partial charge on any atom is 0.161 e. The molecule has 1 aromatic carbocycles. The van der Waals surface area contributed by atoms with Gasteiger partial charge in [-0.25, -0.2) is 9.67 Å². The summed E-state index contributed by atoms with van der Waals surface area (Å²) in [6.45, 7) is 2.13. The van der Waals surface area contributed by atoms with Gasteiger partial charge in [-0.15, -0.1) is 0 Å². The van der Waals surface area contributed by atoms with Crippen LogP contribution in [-0.2, 0) is 6.42 Å². The monoisotopic (exact) mass is 325 g/mol. The molecule has 0 fully saturated rings. The minimum Gasteiger partial charge on any atom is -0.264 e. The highest BCUT2D eigenvalue weighted by atomic mass is 15.3. The smallest absolute Gasteiger partial charge is 0.161 e. The van der Waals surface area contributed by atoms with E-state index in [0.29, 0.717) is 5.56 Å². The van der Waals surface area contributed by atoms with Crippen LogP contribution in [0.25, 0.3) is 27.7 Å². The van der Waals surface area contributed by atoms with Crippen LogP contribution in [0.3, 0.4) is 0 Å². The number of benzene rings is 1. The molecule has 25 heavy (non-hydrogen) atoms. The molecule has 0 unspecified atom stereocenters. The third-order valence-corrected chi connectivity index (χ3v) is 4.29. The van der Waals surface area contributed by atoms with Crippen LogP contribution >= 0.6 is 0 Å². The zero-order chi connectivity index (χ0) is 17.2. The van der Waals surface area contributed by atoms with Gasteiger partial charge in [0.2, 0.25) is 0 Å². The Morgan fingerprint density at radius 3 is 2.72 bits per heavy atom. The molecular weight excluding hydrogens is 310 g/mol. The largest absolute Gasteiger partial charge is 0.264 e. The van der Waals surface area contributed by atoms with Crippen LogP contribution in [0.2, 0.25) is 0 Å². The van der Waals surface area contributed by atoms with Crippen LogP contribution in [0.1, 0.15) is 18.1 Å². The molecule has 120 valence electrons. The number of hydrogen-bond acceptors (Lipinski definition) is 4. The van der Waals surface area contributed by atoms with Gasteiger partial charge < -0.3 is 0 Å². The number of fused-ring (bicyclic) bond motifs is 1. The molecule has 5 heteroatoms. The van der Waals surface area contributed by atoms with Crippen LogP contribution in [0.4, 0.5) is 0 Å². The molecular formula is C20H15N5. The van der Waals surface area contributed by atoms with Crippen LogP contribution in [-0.4, -0.2) is 19.7 Å². The molecule has 5 nitrogen and oxygen atoms in total. The first-order chi connectivity index (χ1) is 12.3. The van der Waals surface area contributed by atoms with E-state index in [9.17, 15) is 5.26 Å². The van der Waals surface area contributed by atoms with Crippen LogP contribution in [0, 0.1) is 11.3 Å². The van der Waals surface area contributed by atoms with Gasteiger partial charge in [0.15, 0.2) is 5.82 Å². The van der Waals surface area contributed by atoms with Crippen LogP contribution < -0.4 is 0 Å². The highest BCUT2D eigenvalue weighted by Gasteiger charge is 2.12. The van der Waals surface area contributed by atoms with Crippen molar-refractivity contribution in [2.24, 2.45) is 0 Å². The van der Waals surface area contributed by atoms with E-state index in [1.54, 1.807) is 29.3 Å². The van der Waals surface area contributed by atoms with Crippen molar-refractivity contribution in [3.05, 3.63) is 72.4 Å². The number of hydrogen-bond donors (Lipinski definition) is 0. The Morgan fingerprint density at radius 2 is 1.92 bits per heavy atom. The number of aromatic nitrogens is 4. The molecule has 0 spiro atoms. The van der Waals surface area contributed by atoms with Crippen LogP contribution in [0.15, 0.2) is 61.3 Å². The lowest BCUT2D eigenvalue weighted by Gasteiger charge is -2.09. The second kappa shape index (κ2) is 6.17. The molecule has 0 saturated heterocycles. The lowest BCUT2D eigenvalue weighted by atomic mass is 10.1. The molecule has 0 saturated carbocycles. The van der Waals surface area contributed by atoms with Crippen molar-refractivity contribution >= 4 is 10.8 Å². The first-order valence-electron chi connectivity index (χ1n) is 8.08. The summed E-state index contributed by atoms with van der Waals surface area (Å²) >= 11 is 0. The van der Waals surface area contributed by atoms with Crippen molar-refractivity contribution in [2.75, 3.05) is 0 Å². The summed E-state index contributed by atoms with van der Waals surface area (Å²) in [5.74, 6) is 0.779. The van der Waals surface area contributed by atoms with Crippen molar-refractivity contribution in [2.45, 2.75) is 13.3 Å². The molecule has 3 heterocycles. The number of nitriles is 1. The Labute approximate surface area is 145 Å². The van der Waals surface area contributed by atoms with Crippen LogP contribution in [0.5, 0.6) is 0 Å². The molecule has 0 aliphatic rings. The Hall–Kier alpha value is -3.52. The SMILES string of the molecule is CCc1cnc(-n2cc(-c3cnccc3C#N)cn2)c2ccccc12. The van der Waals surface area contributed by atoms with Gasteiger partial charge in [0.05, 0.1) is 17.8 Å². The van der Waals surface area contributed by atoms with E-state index < -0.39 is 0 Å². The molecule has 0 bridgehead atoms. The van der Waals surface area contributed by atoms with Gasteiger partial charge in [0, 0.05) is 41.3 Å². The van der Waals surface area contributed by atoms with E-state index in [1.807, 2.05) is 24.5 Å². The van der Waals surface area contributed by atoms with Gasteiger partial charge in [-0.05, 0) is 23.4 Å². The lowest BCUT2D eigenvalue weighted by Crippen LogP contribution is -2.00. The Morgan fingerprint density at radius 1 is 1.08 bits per heavy atom. The van der Waals surface area contributed by atoms with Crippen molar-refractivity contribution in [1.29, 1.82) is 5.26 Å². The van der Waals surface area contributed by atoms with E-state index >= 15 is 0 Å². The average Bonchev–Trinajstić information content (AvgIpc) is 3.16. The number of nitrogens with zero attached hydrogens (tertiary/aromatic N) is 5. The lowest BCUT2D eigenvalue weighted by molar-refractivity contribution is 0.853. The van der Waals surface area contributed by atoms with Crippen molar-refractivity contribution in [3.63, 3.8) is 0 Å². The zero-order valence-corrected chi connectivity index (χ0v) is 13.7. The summed E-state index contributed by atoms with van der Waals surface area (Å²) in [6, 6.07) is 12.1. The van der Waals surface area contributed by atoms with Gasteiger partial charge in [-0.2, -0.15) is 10.4 Å². The van der Waals surface area contributed by atoms with Crippen molar-refractivity contribution in [3.8, 4) is 23.0 Å². The molecule has 3 aromatic heterocycles. The van der Waals surface area contributed by atoms with Gasteiger partial charge in [0.1, 0.15) is 0 Å². The maximum atomic E-state index is 9.29. The fourth-order valence-corrected chi connectivity index (χ4v) is 3.00. The topological polar surface area (TPSA) is 67.4 Å². The Bertz CT molecular complexity index is 1100. The molecule has 4 rings (SSSR count). The summed E-state index contributed by atoms with van der Waals surface area (Å²) in [5.41, 5.74) is 3.40. The Kier molecular flexibility index (Phi) is 3.71. The van der Waals surface area contributed by atoms with Crippen molar-refractivity contribution in [1.82, 2.24) is 19.7 Å². The fraction of sp³-hybridized carbons (Fsp3) is 0.100.